The van der Waals surface area contributed by atoms with Gasteiger partial charge < -0.3 is 15.5 Å². The molecule has 7 heteroatoms. The molecule has 1 heterocycles. The van der Waals surface area contributed by atoms with Gasteiger partial charge in [-0.1, -0.05) is 0 Å². The van der Waals surface area contributed by atoms with Crippen LogP contribution in [-0.4, -0.2) is 30.9 Å². The van der Waals surface area contributed by atoms with Crippen LogP contribution in [0.4, 0.5) is 11.4 Å². The van der Waals surface area contributed by atoms with E-state index in [0.717, 1.165) is 21.1 Å². The molecule has 0 spiro atoms. The predicted octanol–water partition coefficient (Wildman–Crippen LogP) is 2.08. The van der Waals surface area contributed by atoms with Gasteiger partial charge in [-0.15, -0.1) is 11.3 Å². The van der Waals surface area contributed by atoms with Crippen LogP contribution in [0, 0.1) is 13.8 Å². The Balaban J connectivity index is 1.93. The molecule has 0 unspecified atom stereocenters. The molecule has 0 bridgehead atoms. The number of rotatable bonds is 4. The van der Waals surface area contributed by atoms with E-state index in [2.05, 4.69) is 15.6 Å². The van der Waals surface area contributed by atoms with E-state index in [0.29, 0.717) is 12.2 Å². The number of carbonyl (C=O) groups is 2. The molecule has 2 amide bonds. The van der Waals surface area contributed by atoms with Gasteiger partial charge in [-0.2, -0.15) is 0 Å². The number of thiazole rings is 1. The summed E-state index contributed by atoms with van der Waals surface area (Å²) in [5.41, 5.74) is 2.68. The third kappa shape index (κ3) is 4.53. The maximum atomic E-state index is 11.9. The monoisotopic (exact) mass is 332 g/mol. The fraction of sp³-hybridized carbons (Fsp3) is 0.312. The second kappa shape index (κ2) is 7.23. The first-order chi connectivity index (χ1) is 10.9. The van der Waals surface area contributed by atoms with Gasteiger partial charge in [-0.3, -0.25) is 9.59 Å². The van der Waals surface area contributed by atoms with Crippen molar-refractivity contribution in [3.05, 3.63) is 39.8 Å². The van der Waals surface area contributed by atoms with Crippen molar-refractivity contribution in [1.82, 2.24) is 10.3 Å². The third-order valence-corrected chi connectivity index (χ3v) is 4.15. The second-order valence-electron chi connectivity index (χ2n) is 5.38. The van der Waals surface area contributed by atoms with Crippen LogP contribution in [0.1, 0.15) is 15.4 Å². The van der Waals surface area contributed by atoms with Crippen molar-refractivity contribution in [1.29, 1.82) is 0 Å². The molecule has 2 rings (SSSR count). The van der Waals surface area contributed by atoms with Crippen molar-refractivity contribution in [2.45, 2.75) is 20.4 Å². The molecular formula is C16H20N4O2S. The molecule has 23 heavy (non-hydrogen) atoms. The van der Waals surface area contributed by atoms with Crippen molar-refractivity contribution >= 4 is 34.5 Å². The Morgan fingerprint density at radius 2 is 1.96 bits per heavy atom. The number of benzene rings is 1. The summed E-state index contributed by atoms with van der Waals surface area (Å²) >= 11 is 1.49. The first-order valence-electron chi connectivity index (χ1n) is 7.15. The predicted molar refractivity (Wildman–Crippen MR) is 92.8 cm³/mol. The summed E-state index contributed by atoms with van der Waals surface area (Å²) in [7, 11) is 3.91. The molecule has 2 aromatic rings. The Labute approximate surface area is 139 Å². The van der Waals surface area contributed by atoms with E-state index in [9.17, 15) is 9.59 Å². The van der Waals surface area contributed by atoms with E-state index in [1.807, 2.05) is 45.0 Å². The summed E-state index contributed by atoms with van der Waals surface area (Å²) in [6.45, 7) is 4.15. The Bertz CT molecular complexity index is 725. The van der Waals surface area contributed by atoms with E-state index in [1.165, 1.54) is 11.3 Å². The normalized spacial score (nSPS) is 10.3. The highest BCUT2D eigenvalue weighted by Crippen LogP contribution is 2.21. The van der Waals surface area contributed by atoms with Crippen molar-refractivity contribution in [2.24, 2.45) is 0 Å². The highest BCUT2D eigenvalue weighted by atomic mass is 32.1. The van der Waals surface area contributed by atoms with Gasteiger partial charge in [-0.05, 0) is 37.6 Å². The maximum Gasteiger partial charge on any atom is 0.313 e. The molecule has 0 aliphatic rings. The molecule has 0 aliphatic carbocycles. The van der Waals surface area contributed by atoms with Gasteiger partial charge >= 0.3 is 11.8 Å². The number of aromatic nitrogens is 1. The number of nitrogens with zero attached hydrogens (tertiary/aromatic N) is 2. The van der Waals surface area contributed by atoms with Crippen LogP contribution < -0.4 is 15.5 Å². The van der Waals surface area contributed by atoms with Gasteiger partial charge in [0.1, 0.15) is 0 Å². The first kappa shape index (κ1) is 17.0. The van der Waals surface area contributed by atoms with Crippen molar-refractivity contribution in [2.75, 3.05) is 24.3 Å². The molecule has 0 aliphatic heterocycles. The average molecular weight is 332 g/mol. The van der Waals surface area contributed by atoms with Crippen LogP contribution >= 0.6 is 11.3 Å². The molecule has 0 fully saturated rings. The van der Waals surface area contributed by atoms with E-state index in [1.54, 1.807) is 12.3 Å². The number of hydrogen-bond acceptors (Lipinski definition) is 5. The second-order valence-corrected chi connectivity index (χ2v) is 6.70. The third-order valence-electron chi connectivity index (χ3n) is 3.24. The number of nitrogens with one attached hydrogen (secondary N) is 2. The Hall–Kier alpha value is -2.41. The van der Waals surface area contributed by atoms with Crippen LogP contribution in [0.2, 0.25) is 0 Å². The van der Waals surface area contributed by atoms with E-state index >= 15 is 0 Å². The lowest BCUT2D eigenvalue weighted by Crippen LogP contribution is -2.34. The van der Waals surface area contributed by atoms with Gasteiger partial charge in [0.15, 0.2) is 0 Å². The van der Waals surface area contributed by atoms with Crippen LogP contribution in [0.5, 0.6) is 0 Å². The molecule has 1 aromatic heterocycles. The minimum absolute atomic E-state index is 0.302. The van der Waals surface area contributed by atoms with Gasteiger partial charge in [-0.25, -0.2) is 4.98 Å². The van der Waals surface area contributed by atoms with Crippen molar-refractivity contribution in [3.8, 4) is 0 Å². The molecule has 1 aromatic carbocycles. The number of amides is 2. The Kier molecular flexibility index (Phi) is 5.33. The van der Waals surface area contributed by atoms with Gasteiger partial charge in [0, 0.05) is 36.5 Å². The van der Waals surface area contributed by atoms with Crippen LogP contribution in [0.3, 0.4) is 0 Å². The standard InChI is InChI=1S/C16H20N4O2S/c1-10-7-12(5-6-14(10)20(3)4)19-16(22)15(21)18-9-13-8-17-11(2)23-13/h5-8H,9H2,1-4H3,(H,18,21)(H,19,22). The molecule has 0 saturated heterocycles. The topological polar surface area (TPSA) is 74.3 Å². The summed E-state index contributed by atoms with van der Waals surface area (Å²) in [5.74, 6) is -1.34. The average Bonchev–Trinajstić information content (AvgIpc) is 2.90. The van der Waals surface area contributed by atoms with Crippen molar-refractivity contribution in [3.63, 3.8) is 0 Å². The summed E-state index contributed by atoms with van der Waals surface area (Å²) in [6.07, 6.45) is 1.70. The number of anilines is 2. The van der Waals surface area contributed by atoms with Gasteiger partial charge in [0.2, 0.25) is 0 Å². The van der Waals surface area contributed by atoms with E-state index in [4.69, 9.17) is 0 Å². The zero-order valence-corrected chi connectivity index (χ0v) is 14.5. The molecular weight excluding hydrogens is 312 g/mol. The SMILES string of the molecule is Cc1ncc(CNC(=O)C(=O)Nc2ccc(N(C)C)c(C)c2)s1. The zero-order chi connectivity index (χ0) is 17.0. The highest BCUT2D eigenvalue weighted by molar-refractivity contribution is 7.11. The van der Waals surface area contributed by atoms with E-state index < -0.39 is 11.8 Å². The summed E-state index contributed by atoms with van der Waals surface area (Å²) in [5, 5.41) is 6.12. The zero-order valence-electron chi connectivity index (χ0n) is 13.6. The smallest absolute Gasteiger partial charge is 0.313 e. The minimum atomic E-state index is -0.678. The lowest BCUT2D eigenvalue weighted by molar-refractivity contribution is -0.136. The molecule has 0 saturated carbocycles. The largest absolute Gasteiger partial charge is 0.377 e. The summed E-state index contributed by atoms with van der Waals surface area (Å²) < 4.78 is 0. The first-order valence-corrected chi connectivity index (χ1v) is 7.97. The van der Waals surface area contributed by atoms with Crippen LogP contribution in [0.15, 0.2) is 24.4 Å². The maximum absolute atomic E-state index is 11.9. The minimum Gasteiger partial charge on any atom is -0.377 e. The Morgan fingerprint density at radius 1 is 1.22 bits per heavy atom. The van der Waals surface area contributed by atoms with Crippen molar-refractivity contribution < 1.29 is 9.59 Å². The number of hydrogen-bond donors (Lipinski definition) is 2. The van der Waals surface area contributed by atoms with Gasteiger partial charge in [0.05, 0.1) is 11.6 Å². The van der Waals surface area contributed by atoms with Crippen LogP contribution in [0.25, 0.3) is 0 Å². The fourth-order valence-corrected chi connectivity index (χ4v) is 2.89. The van der Waals surface area contributed by atoms with Crippen LogP contribution in [-0.2, 0) is 16.1 Å². The molecule has 122 valence electrons. The highest BCUT2D eigenvalue weighted by Gasteiger charge is 2.14. The molecule has 0 radical (unpaired) electrons. The lowest BCUT2D eigenvalue weighted by atomic mass is 10.1. The molecule has 2 N–H and O–H groups in total. The summed E-state index contributed by atoms with van der Waals surface area (Å²) in [6, 6.07) is 5.52. The number of aryl methyl sites for hydroxylation is 2. The summed E-state index contributed by atoms with van der Waals surface area (Å²) in [4.78, 5) is 30.8. The molecule has 6 nitrogen and oxygen atoms in total. The fourth-order valence-electron chi connectivity index (χ4n) is 2.16. The van der Waals surface area contributed by atoms with Gasteiger partial charge in [0.25, 0.3) is 0 Å². The Morgan fingerprint density at radius 3 is 2.52 bits per heavy atom. The quantitative estimate of drug-likeness (QED) is 0.841. The lowest BCUT2D eigenvalue weighted by Gasteiger charge is -2.16. The van der Waals surface area contributed by atoms with E-state index in [-0.39, 0.29) is 0 Å². The number of carbonyl (C=O) groups excluding carboxylic acids is 2. The molecule has 0 atom stereocenters.